The summed E-state index contributed by atoms with van der Waals surface area (Å²) in [5.41, 5.74) is 2.38. The Balaban J connectivity index is 2.30. The van der Waals surface area contributed by atoms with E-state index in [9.17, 15) is 0 Å². The first-order chi connectivity index (χ1) is 7.31. The number of anilines is 1. The molecule has 15 heavy (non-hydrogen) atoms. The number of nitrogens with one attached hydrogen (secondary N) is 2. The zero-order valence-electron chi connectivity index (χ0n) is 8.81. The molecule has 4 nitrogen and oxygen atoms in total. The summed E-state index contributed by atoms with van der Waals surface area (Å²) in [5, 5.41) is 6.68. The summed E-state index contributed by atoms with van der Waals surface area (Å²) < 4.78 is 0.682. The number of halogens is 1. The topological polar surface area (TPSA) is 49.8 Å². The molecule has 2 N–H and O–H groups in total. The smallest absolute Gasteiger partial charge is 0.198 e. The molecule has 0 spiro atoms. The van der Waals surface area contributed by atoms with Crippen molar-refractivity contribution in [3.8, 4) is 0 Å². The molecule has 0 unspecified atom stereocenters. The van der Waals surface area contributed by atoms with Crippen LogP contribution in [0.3, 0.4) is 0 Å². The first-order valence-electron chi connectivity index (χ1n) is 5.31. The molecule has 1 aliphatic heterocycles. The average Bonchev–Trinajstić information content (AvgIpc) is 2.25. The van der Waals surface area contributed by atoms with Gasteiger partial charge in [-0.05, 0) is 22.4 Å². The van der Waals surface area contributed by atoms with Crippen LogP contribution in [0.4, 0.5) is 5.82 Å². The molecule has 2 rings (SSSR count). The normalized spacial score (nSPS) is 14.8. The molecule has 1 aromatic heterocycles. The fourth-order valence-electron chi connectivity index (χ4n) is 1.70. The second-order valence-corrected chi connectivity index (χ2v) is 4.33. The summed E-state index contributed by atoms with van der Waals surface area (Å²) in [6.45, 7) is 4.97. The van der Waals surface area contributed by atoms with Crippen molar-refractivity contribution in [3.05, 3.63) is 16.0 Å². The summed E-state index contributed by atoms with van der Waals surface area (Å²) in [4.78, 5) is 8.79. The van der Waals surface area contributed by atoms with E-state index < -0.39 is 0 Å². The summed E-state index contributed by atoms with van der Waals surface area (Å²) >= 11 is 3.35. The van der Waals surface area contributed by atoms with E-state index in [1.807, 2.05) is 0 Å². The number of rotatable bonds is 3. The molecule has 0 aromatic carbocycles. The predicted molar refractivity (Wildman–Crippen MR) is 63.9 cm³/mol. The second-order valence-electron chi connectivity index (χ2n) is 3.62. The van der Waals surface area contributed by atoms with Gasteiger partial charge in [-0.3, -0.25) is 0 Å². The third-order valence-corrected chi connectivity index (χ3v) is 2.80. The minimum Gasteiger partial charge on any atom is -0.370 e. The van der Waals surface area contributed by atoms with Gasteiger partial charge in [-0.15, -0.1) is 0 Å². The molecule has 0 radical (unpaired) electrons. The Morgan fingerprint density at radius 2 is 2.33 bits per heavy atom. The van der Waals surface area contributed by atoms with Gasteiger partial charge in [-0.25, -0.2) is 9.97 Å². The van der Waals surface area contributed by atoms with Crippen LogP contribution in [0.1, 0.15) is 24.6 Å². The van der Waals surface area contributed by atoms with Crippen molar-refractivity contribution in [1.29, 1.82) is 0 Å². The lowest BCUT2D eigenvalue weighted by atomic mass is 10.1. The van der Waals surface area contributed by atoms with E-state index in [4.69, 9.17) is 0 Å². The molecule has 1 aromatic rings. The second kappa shape index (κ2) is 4.90. The van der Waals surface area contributed by atoms with Crippen LogP contribution in [0.5, 0.6) is 0 Å². The molecule has 0 aliphatic carbocycles. The van der Waals surface area contributed by atoms with Crippen LogP contribution in [0.15, 0.2) is 4.73 Å². The fraction of sp³-hybridized carbons (Fsp3) is 0.600. The summed E-state index contributed by atoms with van der Waals surface area (Å²) in [5.74, 6) is 0.973. The SMILES string of the molecule is CCCNc1nc(Br)nc2c1CNCC2. The van der Waals surface area contributed by atoms with Gasteiger partial charge in [0, 0.05) is 31.6 Å². The van der Waals surface area contributed by atoms with Gasteiger partial charge >= 0.3 is 0 Å². The molecular formula is C10H15BrN4. The third-order valence-electron chi connectivity index (χ3n) is 2.45. The number of fused-ring (bicyclic) bond motifs is 1. The van der Waals surface area contributed by atoms with Gasteiger partial charge < -0.3 is 10.6 Å². The summed E-state index contributed by atoms with van der Waals surface area (Å²) in [6.07, 6.45) is 2.08. The largest absolute Gasteiger partial charge is 0.370 e. The van der Waals surface area contributed by atoms with Crippen LogP contribution in [0, 0.1) is 0 Å². The minimum absolute atomic E-state index is 0.682. The standard InChI is InChI=1S/C10H15BrN4/c1-2-4-13-9-7-6-12-5-3-8(7)14-10(11)15-9/h12H,2-6H2,1H3,(H,13,14,15). The fourth-order valence-corrected chi connectivity index (χ4v) is 2.09. The Kier molecular flexibility index (Phi) is 3.53. The van der Waals surface area contributed by atoms with Crippen LogP contribution in [0.2, 0.25) is 0 Å². The Hall–Kier alpha value is -0.680. The molecule has 0 saturated heterocycles. The highest BCUT2D eigenvalue weighted by Gasteiger charge is 2.16. The number of hydrogen-bond acceptors (Lipinski definition) is 4. The van der Waals surface area contributed by atoms with E-state index in [0.717, 1.165) is 44.0 Å². The Morgan fingerprint density at radius 1 is 1.47 bits per heavy atom. The van der Waals surface area contributed by atoms with Crippen LogP contribution in [-0.4, -0.2) is 23.1 Å². The minimum atomic E-state index is 0.682. The molecule has 0 atom stereocenters. The molecule has 0 bridgehead atoms. The quantitative estimate of drug-likeness (QED) is 0.822. The zero-order valence-corrected chi connectivity index (χ0v) is 10.4. The predicted octanol–water partition coefficient (Wildman–Crippen LogP) is 1.71. The van der Waals surface area contributed by atoms with Gasteiger partial charge in [0.2, 0.25) is 0 Å². The molecule has 1 aliphatic rings. The highest BCUT2D eigenvalue weighted by molar-refractivity contribution is 9.10. The third kappa shape index (κ3) is 2.46. The summed E-state index contributed by atoms with van der Waals surface area (Å²) in [7, 11) is 0. The van der Waals surface area contributed by atoms with E-state index in [2.05, 4.69) is 43.5 Å². The highest BCUT2D eigenvalue weighted by atomic mass is 79.9. The average molecular weight is 271 g/mol. The molecule has 2 heterocycles. The molecule has 5 heteroatoms. The molecule has 0 amide bonds. The summed E-state index contributed by atoms with van der Waals surface area (Å²) in [6, 6.07) is 0. The van der Waals surface area contributed by atoms with E-state index in [0.29, 0.717) is 4.73 Å². The lowest BCUT2D eigenvalue weighted by molar-refractivity contribution is 0.624. The monoisotopic (exact) mass is 270 g/mol. The first-order valence-corrected chi connectivity index (χ1v) is 6.10. The lowest BCUT2D eigenvalue weighted by Crippen LogP contribution is -2.26. The Morgan fingerprint density at radius 3 is 3.13 bits per heavy atom. The van der Waals surface area contributed by atoms with Crippen LogP contribution < -0.4 is 10.6 Å². The maximum absolute atomic E-state index is 4.41. The Labute approximate surface area is 98.0 Å². The van der Waals surface area contributed by atoms with Crippen LogP contribution >= 0.6 is 15.9 Å². The van der Waals surface area contributed by atoms with Crippen molar-refractivity contribution in [2.45, 2.75) is 26.3 Å². The van der Waals surface area contributed by atoms with Crippen LogP contribution in [-0.2, 0) is 13.0 Å². The van der Waals surface area contributed by atoms with Gasteiger partial charge in [-0.2, -0.15) is 0 Å². The Bertz CT molecular complexity index is 354. The van der Waals surface area contributed by atoms with Gasteiger partial charge in [-0.1, -0.05) is 6.92 Å². The van der Waals surface area contributed by atoms with Gasteiger partial charge in [0.25, 0.3) is 0 Å². The molecular weight excluding hydrogens is 256 g/mol. The number of hydrogen-bond donors (Lipinski definition) is 2. The van der Waals surface area contributed by atoms with Gasteiger partial charge in [0.15, 0.2) is 4.73 Å². The van der Waals surface area contributed by atoms with Crippen LogP contribution in [0.25, 0.3) is 0 Å². The van der Waals surface area contributed by atoms with Gasteiger partial charge in [0.05, 0.1) is 5.69 Å². The van der Waals surface area contributed by atoms with Crippen molar-refractivity contribution < 1.29 is 0 Å². The van der Waals surface area contributed by atoms with Crippen molar-refractivity contribution in [3.63, 3.8) is 0 Å². The van der Waals surface area contributed by atoms with Crippen molar-refractivity contribution in [1.82, 2.24) is 15.3 Å². The highest BCUT2D eigenvalue weighted by Crippen LogP contribution is 2.21. The van der Waals surface area contributed by atoms with Gasteiger partial charge in [0.1, 0.15) is 5.82 Å². The molecule has 0 fully saturated rings. The number of aromatic nitrogens is 2. The van der Waals surface area contributed by atoms with E-state index in [1.54, 1.807) is 0 Å². The van der Waals surface area contributed by atoms with Crippen molar-refractivity contribution in [2.75, 3.05) is 18.4 Å². The lowest BCUT2D eigenvalue weighted by Gasteiger charge is -2.19. The first kappa shape index (κ1) is 10.8. The van der Waals surface area contributed by atoms with E-state index in [-0.39, 0.29) is 0 Å². The van der Waals surface area contributed by atoms with E-state index >= 15 is 0 Å². The maximum atomic E-state index is 4.41. The van der Waals surface area contributed by atoms with Crippen molar-refractivity contribution >= 4 is 21.7 Å². The molecule has 82 valence electrons. The molecule has 0 saturated carbocycles. The zero-order chi connectivity index (χ0) is 10.7. The maximum Gasteiger partial charge on any atom is 0.198 e. The number of nitrogens with zero attached hydrogens (tertiary/aromatic N) is 2. The van der Waals surface area contributed by atoms with Crippen molar-refractivity contribution in [2.24, 2.45) is 0 Å². The van der Waals surface area contributed by atoms with E-state index in [1.165, 1.54) is 5.56 Å².